The van der Waals surface area contributed by atoms with E-state index in [9.17, 15) is 8.42 Å². The summed E-state index contributed by atoms with van der Waals surface area (Å²) in [5.74, 6) is 0. The van der Waals surface area contributed by atoms with Crippen molar-refractivity contribution in [3.8, 4) is 0 Å². The Labute approximate surface area is 126 Å². The number of piperidine rings is 1. The minimum atomic E-state index is -3.48. The molecule has 0 spiro atoms. The molecule has 1 aliphatic heterocycles. The monoisotopic (exact) mass is 316 g/mol. The second-order valence-electron chi connectivity index (χ2n) is 5.90. The molecule has 1 saturated heterocycles. The molecule has 0 aliphatic carbocycles. The van der Waals surface area contributed by atoms with Crippen LogP contribution in [0.3, 0.4) is 0 Å². The van der Waals surface area contributed by atoms with Gasteiger partial charge < -0.3 is 5.32 Å². The van der Waals surface area contributed by atoms with Crippen LogP contribution in [0.5, 0.6) is 0 Å². The average Bonchev–Trinajstić information content (AvgIpc) is 2.37. The lowest BCUT2D eigenvalue weighted by Gasteiger charge is -2.39. The molecule has 1 aromatic carbocycles. The molecule has 0 bridgehead atoms. The standard InChI is InChI=1S/C14H21ClN2O2S/c1-14(2)8-3-9-16-13(14)10-17-20(18,19)12-6-4-11(15)5-7-12/h4-7,13,16-17H,3,8-10H2,1-2H3. The molecule has 1 aliphatic rings. The van der Waals surface area contributed by atoms with Crippen molar-refractivity contribution < 1.29 is 8.42 Å². The second-order valence-corrected chi connectivity index (χ2v) is 8.11. The van der Waals surface area contributed by atoms with Gasteiger partial charge in [0.05, 0.1) is 4.90 Å². The Bertz CT molecular complexity index is 555. The van der Waals surface area contributed by atoms with Crippen LogP contribution in [0.4, 0.5) is 0 Å². The average molecular weight is 317 g/mol. The summed E-state index contributed by atoms with van der Waals surface area (Å²) >= 11 is 5.77. The molecule has 0 saturated carbocycles. The van der Waals surface area contributed by atoms with Gasteiger partial charge in [-0.25, -0.2) is 13.1 Å². The fraction of sp³-hybridized carbons (Fsp3) is 0.571. The van der Waals surface area contributed by atoms with Gasteiger partial charge >= 0.3 is 0 Å². The molecule has 1 unspecified atom stereocenters. The minimum Gasteiger partial charge on any atom is -0.312 e. The van der Waals surface area contributed by atoms with Crippen LogP contribution < -0.4 is 10.0 Å². The molecule has 4 nitrogen and oxygen atoms in total. The van der Waals surface area contributed by atoms with E-state index in [1.165, 1.54) is 12.1 Å². The molecule has 0 radical (unpaired) electrons. The van der Waals surface area contributed by atoms with E-state index >= 15 is 0 Å². The van der Waals surface area contributed by atoms with E-state index in [1.807, 2.05) is 0 Å². The summed E-state index contributed by atoms with van der Waals surface area (Å²) in [5.41, 5.74) is 0.0980. The van der Waals surface area contributed by atoms with Gasteiger partial charge in [-0.2, -0.15) is 0 Å². The Hall–Kier alpha value is -0.620. The number of sulfonamides is 1. The number of halogens is 1. The predicted molar refractivity (Wildman–Crippen MR) is 81.4 cm³/mol. The van der Waals surface area contributed by atoms with Crippen molar-refractivity contribution >= 4 is 21.6 Å². The Morgan fingerprint density at radius 2 is 2.00 bits per heavy atom. The molecular weight excluding hydrogens is 296 g/mol. The van der Waals surface area contributed by atoms with Crippen LogP contribution in [0.1, 0.15) is 26.7 Å². The molecule has 0 amide bonds. The van der Waals surface area contributed by atoms with Crippen LogP contribution >= 0.6 is 11.6 Å². The fourth-order valence-corrected chi connectivity index (χ4v) is 3.68. The molecular formula is C14H21ClN2O2S. The molecule has 112 valence electrons. The first kappa shape index (κ1) is 15.8. The van der Waals surface area contributed by atoms with Gasteiger partial charge in [0.25, 0.3) is 0 Å². The quantitative estimate of drug-likeness (QED) is 0.896. The zero-order valence-electron chi connectivity index (χ0n) is 11.8. The normalized spacial score (nSPS) is 22.6. The molecule has 2 N–H and O–H groups in total. The topological polar surface area (TPSA) is 58.2 Å². The largest absolute Gasteiger partial charge is 0.312 e. The molecule has 20 heavy (non-hydrogen) atoms. The Morgan fingerprint density at radius 3 is 2.60 bits per heavy atom. The van der Waals surface area contributed by atoms with Crippen LogP contribution in [-0.2, 0) is 10.0 Å². The molecule has 1 aromatic rings. The van der Waals surface area contributed by atoms with Gasteiger partial charge in [-0.05, 0) is 49.1 Å². The number of nitrogens with one attached hydrogen (secondary N) is 2. The maximum absolute atomic E-state index is 12.2. The number of benzene rings is 1. The third-order valence-corrected chi connectivity index (χ3v) is 5.62. The highest BCUT2D eigenvalue weighted by Gasteiger charge is 2.32. The van der Waals surface area contributed by atoms with E-state index in [2.05, 4.69) is 23.9 Å². The highest BCUT2D eigenvalue weighted by molar-refractivity contribution is 7.89. The smallest absolute Gasteiger partial charge is 0.240 e. The maximum atomic E-state index is 12.2. The van der Waals surface area contributed by atoms with Gasteiger partial charge in [0.2, 0.25) is 10.0 Å². The summed E-state index contributed by atoms with van der Waals surface area (Å²) in [4.78, 5) is 0.246. The predicted octanol–water partition coefficient (Wildman–Crippen LogP) is 2.40. The highest BCUT2D eigenvalue weighted by Crippen LogP contribution is 2.29. The maximum Gasteiger partial charge on any atom is 0.240 e. The van der Waals surface area contributed by atoms with Crippen molar-refractivity contribution in [2.75, 3.05) is 13.1 Å². The number of rotatable bonds is 4. The first-order valence-corrected chi connectivity index (χ1v) is 8.66. The van der Waals surface area contributed by atoms with Crippen LogP contribution in [0.25, 0.3) is 0 Å². The lowest BCUT2D eigenvalue weighted by Crippen LogP contribution is -2.52. The van der Waals surface area contributed by atoms with Crippen molar-refractivity contribution in [3.05, 3.63) is 29.3 Å². The summed E-state index contributed by atoms with van der Waals surface area (Å²) in [7, 11) is -3.48. The van der Waals surface area contributed by atoms with E-state index in [1.54, 1.807) is 12.1 Å². The van der Waals surface area contributed by atoms with Crippen LogP contribution in [0.15, 0.2) is 29.2 Å². The third kappa shape index (κ3) is 3.73. The Morgan fingerprint density at radius 1 is 1.35 bits per heavy atom. The Kier molecular flexibility index (Phi) is 4.74. The lowest BCUT2D eigenvalue weighted by atomic mass is 9.78. The summed E-state index contributed by atoms with van der Waals surface area (Å²) in [6.07, 6.45) is 2.24. The third-order valence-electron chi connectivity index (χ3n) is 3.93. The van der Waals surface area contributed by atoms with Gasteiger partial charge in [0.1, 0.15) is 0 Å². The molecule has 6 heteroatoms. The van der Waals surface area contributed by atoms with Gasteiger partial charge in [0.15, 0.2) is 0 Å². The summed E-state index contributed by atoms with van der Waals surface area (Å²) < 4.78 is 27.1. The molecule has 1 fully saturated rings. The van der Waals surface area contributed by atoms with Crippen molar-refractivity contribution in [1.82, 2.24) is 10.0 Å². The van der Waals surface area contributed by atoms with E-state index < -0.39 is 10.0 Å². The van der Waals surface area contributed by atoms with Gasteiger partial charge in [-0.15, -0.1) is 0 Å². The van der Waals surface area contributed by atoms with Crippen molar-refractivity contribution in [2.45, 2.75) is 37.6 Å². The molecule has 1 atom stereocenters. The van der Waals surface area contributed by atoms with E-state index in [4.69, 9.17) is 11.6 Å². The minimum absolute atomic E-state index is 0.0980. The van der Waals surface area contributed by atoms with E-state index in [0.717, 1.165) is 19.4 Å². The molecule has 1 heterocycles. The first-order valence-electron chi connectivity index (χ1n) is 6.80. The number of hydrogen-bond donors (Lipinski definition) is 2. The summed E-state index contributed by atoms with van der Waals surface area (Å²) in [6.45, 7) is 5.68. The summed E-state index contributed by atoms with van der Waals surface area (Å²) in [6, 6.07) is 6.35. The SMILES string of the molecule is CC1(C)CCCNC1CNS(=O)(=O)c1ccc(Cl)cc1. The van der Waals surface area contributed by atoms with Crippen molar-refractivity contribution in [1.29, 1.82) is 0 Å². The second kappa shape index (κ2) is 6.02. The van der Waals surface area contributed by atoms with Gasteiger partial charge in [-0.3, -0.25) is 0 Å². The molecule has 0 aromatic heterocycles. The van der Waals surface area contributed by atoms with E-state index in [-0.39, 0.29) is 16.4 Å². The van der Waals surface area contributed by atoms with Gasteiger partial charge in [0, 0.05) is 17.6 Å². The number of hydrogen-bond acceptors (Lipinski definition) is 3. The lowest BCUT2D eigenvalue weighted by molar-refractivity contribution is 0.181. The van der Waals surface area contributed by atoms with Gasteiger partial charge in [-0.1, -0.05) is 25.4 Å². The van der Waals surface area contributed by atoms with E-state index in [0.29, 0.717) is 11.6 Å². The zero-order valence-corrected chi connectivity index (χ0v) is 13.4. The highest BCUT2D eigenvalue weighted by atomic mass is 35.5. The zero-order chi connectivity index (χ0) is 14.8. The summed E-state index contributed by atoms with van der Waals surface area (Å²) in [5, 5.41) is 3.92. The first-order chi connectivity index (χ1) is 9.31. The Balaban J connectivity index is 2.04. The van der Waals surface area contributed by atoms with Crippen molar-refractivity contribution in [2.24, 2.45) is 5.41 Å². The molecule has 2 rings (SSSR count). The fourth-order valence-electron chi connectivity index (χ4n) is 2.51. The van der Waals surface area contributed by atoms with Crippen LogP contribution in [-0.4, -0.2) is 27.5 Å². The van der Waals surface area contributed by atoms with Crippen LogP contribution in [0.2, 0.25) is 5.02 Å². The van der Waals surface area contributed by atoms with Crippen LogP contribution in [0, 0.1) is 5.41 Å². The van der Waals surface area contributed by atoms with Crippen molar-refractivity contribution in [3.63, 3.8) is 0 Å².